The maximum atomic E-state index is 13.8. The smallest absolute Gasteiger partial charge is 0.257 e. The Kier molecular flexibility index (Phi) is 5.07. The molecular weight excluding hydrogens is 358 g/mol. The van der Waals surface area contributed by atoms with E-state index in [-0.39, 0.29) is 35.2 Å². The summed E-state index contributed by atoms with van der Waals surface area (Å²) in [5.74, 6) is -2.40. The minimum atomic E-state index is -0.792. The number of nitrogens with zero attached hydrogens (tertiary/aromatic N) is 1. The lowest BCUT2D eigenvalue weighted by atomic mass is 10.1. The average Bonchev–Trinajstić information content (AvgIpc) is 3.00. The van der Waals surface area contributed by atoms with Crippen molar-refractivity contribution in [2.24, 2.45) is 0 Å². The largest absolute Gasteiger partial charge is 0.491 e. The molecule has 1 N–H and O–H groups in total. The number of aromatic nitrogens is 1. The van der Waals surface area contributed by atoms with Crippen LogP contribution in [0.3, 0.4) is 0 Å². The first-order valence-electron chi connectivity index (χ1n) is 8.41. The quantitative estimate of drug-likeness (QED) is 0.813. The second-order valence-corrected chi connectivity index (χ2v) is 6.36. The second-order valence-electron chi connectivity index (χ2n) is 6.36. The van der Waals surface area contributed by atoms with Crippen LogP contribution < -0.4 is 15.5 Å². The Labute approximate surface area is 153 Å². The van der Waals surface area contributed by atoms with E-state index < -0.39 is 23.0 Å². The zero-order valence-electron chi connectivity index (χ0n) is 14.8. The zero-order chi connectivity index (χ0) is 19.7. The lowest BCUT2D eigenvalue weighted by molar-refractivity contribution is 0.0946. The first-order chi connectivity index (χ1) is 12.9. The number of fused-ring (bicyclic) bond motifs is 1. The van der Waals surface area contributed by atoms with Gasteiger partial charge in [-0.15, -0.1) is 0 Å². The molecule has 3 rings (SSSR count). The summed E-state index contributed by atoms with van der Waals surface area (Å²) in [4.78, 5) is 36.9. The van der Waals surface area contributed by atoms with Crippen LogP contribution in [0, 0.1) is 11.6 Å². The van der Waals surface area contributed by atoms with Gasteiger partial charge in [0.2, 0.25) is 5.43 Å². The van der Waals surface area contributed by atoms with E-state index in [9.17, 15) is 23.2 Å². The maximum Gasteiger partial charge on any atom is 0.257 e. The Morgan fingerprint density at radius 3 is 2.78 bits per heavy atom. The van der Waals surface area contributed by atoms with Gasteiger partial charge in [0.05, 0.1) is 7.11 Å². The lowest BCUT2D eigenvalue weighted by Gasteiger charge is -2.18. The second kappa shape index (κ2) is 7.30. The van der Waals surface area contributed by atoms with Crippen molar-refractivity contribution < 1.29 is 23.1 Å². The molecule has 142 valence electrons. The minimum absolute atomic E-state index is 0.0733. The van der Waals surface area contributed by atoms with E-state index in [0.717, 1.165) is 12.1 Å². The summed E-state index contributed by atoms with van der Waals surface area (Å²) >= 11 is 0. The fourth-order valence-corrected chi connectivity index (χ4v) is 3.43. The van der Waals surface area contributed by atoms with Crippen molar-refractivity contribution in [3.05, 3.63) is 62.6 Å². The van der Waals surface area contributed by atoms with Gasteiger partial charge in [-0.2, -0.15) is 0 Å². The highest BCUT2D eigenvalue weighted by Gasteiger charge is 2.31. The van der Waals surface area contributed by atoms with Gasteiger partial charge >= 0.3 is 0 Å². The molecule has 0 radical (unpaired) electrons. The highest BCUT2D eigenvalue weighted by Crippen LogP contribution is 2.31. The molecule has 0 fully saturated rings. The van der Waals surface area contributed by atoms with Gasteiger partial charge in [0.1, 0.15) is 22.9 Å². The molecule has 2 heterocycles. The predicted molar refractivity (Wildman–Crippen MR) is 93.2 cm³/mol. The highest BCUT2D eigenvalue weighted by molar-refractivity contribution is 5.96. The molecule has 8 heteroatoms. The molecule has 1 aromatic heterocycles. The third-order valence-electron chi connectivity index (χ3n) is 4.74. The van der Waals surface area contributed by atoms with Crippen LogP contribution in [0.4, 0.5) is 8.78 Å². The summed E-state index contributed by atoms with van der Waals surface area (Å²) in [5, 5.41) is 2.49. The van der Waals surface area contributed by atoms with Crippen molar-refractivity contribution in [1.29, 1.82) is 0 Å². The number of hydrogen-bond acceptors (Lipinski definition) is 4. The number of amides is 1. The van der Waals surface area contributed by atoms with E-state index in [0.29, 0.717) is 24.8 Å². The monoisotopic (exact) mass is 376 g/mol. The van der Waals surface area contributed by atoms with Crippen molar-refractivity contribution in [3.63, 3.8) is 0 Å². The first-order valence-corrected chi connectivity index (χ1v) is 8.41. The van der Waals surface area contributed by atoms with Crippen molar-refractivity contribution in [1.82, 2.24) is 9.88 Å². The number of hydrogen-bond donors (Lipinski definition) is 1. The Morgan fingerprint density at radius 2 is 2.15 bits per heavy atom. The Balaban J connectivity index is 2.00. The van der Waals surface area contributed by atoms with Crippen molar-refractivity contribution in [2.45, 2.75) is 32.4 Å². The molecule has 0 unspecified atom stereocenters. The van der Waals surface area contributed by atoms with E-state index in [1.54, 1.807) is 4.57 Å². The normalized spacial score (nSPS) is 15.3. The van der Waals surface area contributed by atoms with E-state index >= 15 is 0 Å². The Hall–Kier alpha value is -3.03. The van der Waals surface area contributed by atoms with Crippen LogP contribution in [-0.2, 0) is 13.0 Å². The van der Waals surface area contributed by atoms with Crippen molar-refractivity contribution >= 4 is 12.2 Å². The summed E-state index contributed by atoms with van der Waals surface area (Å²) in [6.45, 7) is 1.67. The number of pyridine rings is 1. The maximum absolute atomic E-state index is 13.8. The van der Waals surface area contributed by atoms with Crippen LogP contribution in [0.15, 0.2) is 23.0 Å². The van der Waals surface area contributed by atoms with Crippen LogP contribution in [0.25, 0.3) is 0 Å². The van der Waals surface area contributed by atoms with Gasteiger partial charge < -0.3 is 14.6 Å². The number of carbonyl (C=O) groups excluding carboxylic acids is 2. The molecule has 0 saturated carbocycles. The molecule has 0 spiro atoms. The molecule has 1 atom stereocenters. The van der Waals surface area contributed by atoms with Crippen LogP contribution in [0.2, 0.25) is 0 Å². The molecule has 0 saturated heterocycles. The number of nitrogens with one attached hydrogen (secondary N) is 1. The molecular formula is C19H18F2N2O4. The van der Waals surface area contributed by atoms with Gasteiger partial charge in [0, 0.05) is 29.9 Å². The number of carbonyl (C=O) groups is 2. The van der Waals surface area contributed by atoms with Crippen molar-refractivity contribution in [3.8, 4) is 5.75 Å². The standard InChI is InChI=1S/C19H18F2N2O4/c1-10-3-6-14-16(17(25)18(27-2)15(9-24)23(10)14)19(26)22-8-11-4-5-12(20)7-13(11)21/h4-5,7,9-10H,3,6,8H2,1-2H3,(H,22,26)/t10-/m0/s1. The lowest BCUT2D eigenvalue weighted by Crippen LogP contribution is -2.33. The molecule has 1 aromatic carbocycles. The Bertz CT molecular complexity index is 985. The molecule has 27 heavy (non-hydrogen) atoms. The van der Waals surface area contributed by atoms with E-state index in [1.165, 1.54) is 13.2 Å². The highest BCUT2D eigenvalue weighted by atomic mass is 19.1. The van der Waals surface area contributed by atoms with E-state index in [4.69, 9.17) is 4.74 Å². The molecule has 0 bridgehead atoms. The number of aldehydes is 1. The van der Waals surface area contributed by atoms with Crippen LogP contribution in [0.5, 0.6) is 5.75 Å². The van der Waals surface area contributed by atoms with Gasteiger partial charge in [0.25, 0.3) is 5.91 Å². The molecule has 1 amide bonds. The summed E-state index contributed by atoms with van der Waals surface area (Å²) in [6, 6.07) is 2.95. The fraction of sp³-hybridized carbons (Fsp3) is 0.316. The third kappa shape index (κ3) is 3.22. The summed E-state index contributed by atoms with van der Waals surface area (Å²) in [7, 11) is 1.26. The van der Waals surface area contributed by atoms with Gasteiger partial charge in [-0.05, 0) is 25.8 Å². The van der Waals surface area contributed by atoms with E-state index in [2.05, 4.69) is 5.32 Å². The van der Waals surface area contributed by atoms with Gasteiger partial charge in [-0.3, -0.25) is 14.4 Å². The zero-order valence-corrected chi connectivity index (χ0v) is 14.8. The van der Waals surface area contributed by atoms with Crippen molar-refractivity contribution in [2.75, 3.05) is 7.11 Å². The summed E-state index contributed by atoms with van der Waals surface area (Å²) < 4.78 is 33.5. The van der Waals surface area contributed by atoms with Gasteiger partial charge in [-0.25, -0.2) is 8.78 Å². The van der Waals surface area contributed by atoms with Crippen LogP contribution >= 0.6 is 0 Å². The number of ether oxygens (including phenoxy) is 1. The average molecular weight is 376 g/mol. The third-order valence-corrected chi connectivity index (χ3v) is 4.74. The summed E-state index contributed by atoms with van der Waals surface area (Å²) in [6.07, 6.45) is 1.66. The Morgan fingerprint density at radius 1 is 1.41 bits per heavy atom. The summed E-state index contributed by atoms with van der Waals surface area (Å²) in [5.41, 5.74) is -0.163. The molecule has 0 aliphatic carbocycles. The SMILES string of the molecule is COc1c(C=O)n2c(c(C(=O)NCc3ccc(F)cc3F)c1=O)CC[C@@H]2C. The predicted octanol–water partition coefficient (Wildman–Crippen LogP) is 2.38. The molecule has 1 aliphatic heterocycles. The number of rotatable bonds is 5. The molecule has 2 aromatic rings. The fourth-order valence-electron chi connectivity index (χ4n) is 3.43. The number of methoxy groups -OCH3 is 1. The first kappa shape index (κ1) is 18.8. The number of benzene rings is 1. The topological polar surface area (TPSA) is 77.4 Å². The molecule has 6 nitrogen and oxygen atoms in total. The number of halogens is 2. The molecule has 1 aliphatic rings. The minimum Gasteiger partial charge on any atom is -0.491 e. The van der Waals surface area contributed by atoms with E-state index in [1.807, 2.05) is 6.92 Å². The van der Waals surface area contributed by atoms with Gasteiger partial charge in [0.15, 0.2) is 12.0 Å². The van der Waals surface area contributed by atoms with Crippen LogP contribution in [-0.4, -0.2) is 23.9 Å². The van der Waals surface area contributed by atoms with Gasteiger partial charge in [-0.1, -0.05) is 6.07 Å². The van der Waals surface area contributed by atoms with Crippen LogP contribution in [0.1, 0.15) is 51.5 Å².